The van der Waals surface area contributed by atoms with Crippen molar-refractivity contribution in [1.82, 2.24) is 0 Å². The minimum atomic E-state index is -1.35. The summed E-state index contributed by atoms with van der Waals surface area (Å²) in [6, 6.07) is 11.6. The standard InChI is InChI=1S/C18H11NO5S2/c20-15-14(8-10-4-6-11(7-5-10)16(21)22)26-18(25)19(15)13-3-1-2-12(9-13)17(23)24/h1-9H,(H,21,22)(H,23,24)/p-2/b14-8-. The number of carbonyl (C=O) groups excluding carboxylic acids is 3. The molecule has 1 fully saturated rings. The smallest absolute Gasteiger partial charge is 0.270 e. The fourth-order valence-corrected chi connectivity index (χ4v) is 3.63. The van der Waals surface area contributed by atoms with Crippen LogP contribution in [0.5, 0.6) is 0 Å². The highest BCUT2D eigenvalue weighted by molar-refractivity contribution is 8.27. The van der Waals surface area contributed by atoms with Crippen LogP contribution >= 0.6 is 24.0 Å². The lowest BCUT2D eigenvalue weighted by Gasteiger charge is -2.15. The minimum absolute atomic E-state index is 0.0359. The molecule has 0 N–H and O–H groups in total. The summed E-state index contributed by atoms with van der Waals surface area (Å²) in [6.07, 6.45) is 1.58. The number of benzene rings is 2. The van der Waals surface area contributed by atoms with Gasteiger partial charge in [-0.25, -0.2) is 0 Å². The molecule has 130 valence electrons. The van der Waals surface area contributed by atoms with Crippen molar-refractivity contribution < 1.29 is 24.6 Å². The number of anilines is 1. The average molecular weight is 383 g/mol. The predicted octanol–water partition coefficient (Wildman–Crippen LogP) is 0.819. The molecular formula is C18H9NO5S2-2. The summed E-state index contributed by atoms with van der Waals surface area (Å²) in [6.45, 7) is 0. The van der Waals surface area contributed by atoms with E-state index in [1.807, 2.05) is 0 Å². The summed E-state index contributed by atoms with van der Waals surface area (Å²) >= 11 is 6.31. The lowest BCUT2D eigenvalue weighted by atomic mass is 10.1. The van der Waals surface area contributed by atoms with E-state index >= 15 is 0 Å². The number of rotatable bonds is 4. The Morgan fingerprint density at radius 3 is 2.27 bits per heavy atom. The van der Waals surface area contributed by atoms with E-state index in [9.17, 15) is 24.6 Å². The molecule has 2 aromatic carbocycles. The third-order valence-electron chi connectivity index (χ3n) is 3.58. The number of aromatic carboxylic acids is 2. The summed E-state index contributed by atoms with van der Waals surface area (Å²) in [7, 11) is 0. The van der Waals surface area contributed by atoms with Crippen molar-refractivity contribution in [3.63, 3.8) is 0 Å². The van der Waals surface area contributed by atoms with Crippen LogP contribution in [0, 0.1) is 0 Å². The van der Waals surface area contributed by atoms with E-state index < -0.39 is 11.9 Å². The molecule has 6 nitrogen and oxygen atoms in total. The Labute approximate surface area is 157 Å². The number of carboxylic acids is 2. The number of hydrogen-bond acceptors (Lipinski definition) is 7. The van der Waals surface area contributed by atoms with E-state index in [0.29, 0.717) is 16.2 Å². The van der Waals surface area contributed by atoms with Gasteiger partial charge in [-0.2, -0.15) is 0 Å². The lowest BCUT2D eigenvalue weighted by molar-refractivity contribution is -0.256. The van der Waals surface area contributed by atoms with E-state index in [2.05, 4.69) is 0 Å². The van der Waals surface area contributed by atoms with Crippen LogP contribution in [0.4, 0.5) is 5.69 Å². The van der Waals surface area contributed by atoms with Crippen LogP contribution in [-0.4, -0.2) is 22.2 Å². The zero-order chi connectivity index (χ0) is 18.8. The third kappa shape index (κ3) is 3.51. The number of carboxylic acid groups (broad SMARTS) is 2. The van der Waals surface area contributed by atoms with Crippen molar-refractivity contribution in [2.24, 2.45) is 0 Å². The molecule has 1 amide bonds. The highest BCUT2D eigenvalue weighted by Crippen LogP contribution is 2.36. The van der Waals surface area contributed by atoms with Gasteiger partial charge < -0.3 is 19.8 Å². The number of thiocarbonyl (C=S) groups is 1. The van der Waals surface area contributed by atoms with Crippen molar-refractivity contribution in [2.75, 3.05) is 4.90 Å². The molecule has 3 rings (SSSR count). The van der Waals surface area contributed by atoms with E-state index in [1.165, 1.54) is 35.2 Å². The number of amides is 1. The summed E-state index contributed by atoms with van der Waals surface area (Å²) in [4.78, 5) is 36.0. The SMILES string of the molecule is O=C([O-])c1ccc(/C=C2\SC(=S)N(c3cccc(C(=O)[O-])c3)C2=O)cc1. The van der Waals surface area contributed by atoms with E-state index in [1.54, 1.807) is 24.3 Å². The first-order chi connectivity index (χ1) is 12.4. The fraction of sp³-hybridized carbons (Fsp3) is 0. The van der Waals surface area contributed by atoms with Gasteiger partial charge in [0, 0.05) is 0 Å². The van der Waals surface area contributed by atoms with E-state index in [4.69, 9.17) is 12.2 Å². The number of carbonyl (C=O) groups is 3. The maximum Gasteiger partial charge on any atom is 0.270 e. The third-order valence-corrected chi connectivity index (χ3v) is 4.88. The molecule has 0 aromatic heterocycles. The van der Waals surface area contributed by atoms with Gasteiger partial charge in [-0.05, 0) is 34.9 Å². The van der Waals surface area contributed by atoms with Gasteiger partial charge in [0.25, 0.3) is 5.91 Å². The van der Waals surface area contributed by atoms with E-state index in [-0.39, 0.29) is 21.4 Å². The van der Waals surface area contributed by atoms with Crippen LogP contribution in [0.3, 0.4) is 0 Å². The van der Waals surface area contributed by atoms with Crippen LogP contribution in [-0.2, 0) is 4.79 Å². The fourth-order valence-electron chi connectivity index (χ4n) is 2.33. The van der Waals surface area contributed by atoms with Crippen molar-refractivity contribution in [3.05, 3.63) is 70.1 Å². The molecule has 1 heterocycles. The van der Waals surface area contributed by atoms with Crippen LogP contribution < -0.4 is 15.1 Å². The summed E-state index contributed by atoms with van der Waals surface area (Å²) in [5, 5.41) is 21.8. The van der Waals surface area contributed by atoms with E-state index in [0.717, 1.165) is 11.8 Å². The van der Waals surface area contributed by atoms with Gasteiger partial charge in [0.15, 0.2) is 4.32 Å². The van der Waals surface area contributed by atoms with Crippen LogP contribution in [0.2, 0.25) is 0 Å². The Hall–Kier alpha value is -2.97. The zero-order valence-corrected chi connectivity index (χ0v) is 14.6. The molecule has 0 unspecified atom stereocenters. The van der Waals surface area contributed by atoms with Crippen molar-refractivity contribution in [2.45, 2.75) is 0 Å². The molecule has 26 heavy (non-hydrogen) atoms. The van der Waals surface area contributed by atoms with Crippen LogP contribution in [0.1, 0.15) is 26.3 Å². The van der Waals surface area contributed by atoms with Gasteiger partial charge in [-0.1, -0.05) is 60.4 Å². The molecule has 1 aliphatic rings. The Bertz CT molecular complexity index is 966. The molecule has 0 spiro atoms. The molecule has 1 saturated heterocycles. The first-order valence-corrected chi connectivity index (χ1v) is 8.50. The molecule has 0 bridgehead atoms. The molecular weight excluding hydrogens is 374 g/mol. The van der Waals surface area contributed by atoms with Gasteiger partial charge in [0.05, 0.1) is 22.5 Å². The van der Waals surface area contributed by atoms with Crippen molar-refractivity contribution >= 4 is 57.9 Å². The van der Waals surface area contributed by atoms with Crippen LogP contribution in [0.15, 0.2) is 53.4 Å². The predicted molar refractivity (Wildman–Crippen MR) is 97.2 cm³/mol. The monoisotopic (exact) mass is 383 g/mol. The summed E-state index contributed by atoms with van der Waals surface area (Å²) in [5.74, 6) is -3.02. The zero-order valence-electron chi connectivity index (χ0n) is 13.0. The summed E-state index contributed by atoms with van der Waals surface area (Å²) < 4.78 is 0.267. The Kier molecular flexibility index (Phi) is 4.88. The lowest BCUT2D eigenvalue weighted by Crippen LogP contribution is -2.28. The molecule has 0 aliphatic carbocycles. The average Bonchev–Trinajstić information content (AvgIpc) is 2.89. The first kappa shape index (κ1) is 17.8. The first-order valence-electron chi connectivity index (χ1n) is 7.27. The second-order valence-corrected chi connectivity index (χ2v) is 6.94. The van der Waals surface area contributed by atoms with Gasteiger partial charge in [0.1, 0.15) is 0 Å². The maximum absolute atomic E-state index is 12.7. The molecule has 0 atom stereocenters. The normalized spacial score (nSPS) is 15.5. The summed E-state index contributed by atoms with van der Waals surface area (Å²) in [5.41, 5.74) is 0.941. The van der Waals surface area contributed by atoms with Gasteiger partial charge in [-0.3, -0.25) is 9.69 Å². The second kappa shape index (κ2) is 7.11. The molecule has 0 saturated carbocycles. The van der Waals surface area contributed by atoms with Crippen molar-refractivity contribution in [1.29, 1.82) is 0 Å². The van der Waals surface area contributed by atoms with Gasteiger partial charge >= 0.3 is 0 Å². The quantitative estimate of drug-likeness (QED) is 0.569. The molecule has 2 aromatic rings. The number of hydrogen-bond donors (Lipinski definition) is 0. The Morgan fingerprint density at radius 1 is 1.00 bits per heavy atom. The Balaban J connectivity index is 1.90. The molecule has 8 heteroatoms. The highest BCUT2D eigenvalue weighted by Gasteiger charge is 2.33. The van der Waals surface area contributed by atoms with Crippen molar-refractivity contribution in [3.8, 4) is 0 Å². The second-order valence-electron chi connectivity index (χ2n) is 5.26. The maximum atomic E-state index is 12.7. The number of nitrogens with zero attached hydrogens (tertiary/aromatic N) is 1. The topological polar surface area (TPSA) is 101 Å². The van der Waals surface area contributed by atoms with Gasteiger partial charge in [0.2, 0.25) is 0 Å². The molecule has 0 radical (unpaired) electrons. The van der Waals surface area contributed by atoms with Crippen LogP contribution in [0.25, 0.3) is 6.08 Å². The van der Waals surface area contributed by atoms with Gasteiger partial charge in [-0.15, -0.1) is 0 Å². The largest absolute Gasteiger partial charge is 0.545 e. The Morgan fingerprint density at radius 2 is 1.65 bits per heavy atom. The highest BCUT2D eigenvalue weighted by atomic mass is 32.2. The number of thioether (sulfide) groups is 1. The molecule has 1 aliphatic heterocycles. The minimum Gasteiger partial charge on any atom is -0.545 e.